The highest BCUT2D eigenvalue weighted by molar-refractivity contribution is 6.31. The first-order chi connectivity index (χ1) is 7.59. The van der Waals surface area contributed by atoms with Gasteiger partial charge < -0.3 is 4.57 Å². The Balaban J connectivity index is 0.000000606. The van der Waals surface area contributed by atoms with E-state index in [0.717, 1.165) is 21.9 Å². The van der Waals surface area contributed by atoms with Gasteiger partial charge >= 0.3 is 0 Å². The van der Waals surface area contributed by atoms with E-state index in [4.69, 9.17) is 11.6 Å². The molecule has 0 spiro atoms. The van der Waals surface area contributed by atoms with E-state index in [2.05, 4.69) is 23.4 Å². The van der Waals surface area contributed by atoms with E-state index in [1.807, 2.05) is 39.1 Å². The number of rotatable bonds is 1. The molecule has 88 valence electrons. The molecule has 1 heterocycles. The highest BCUT2D eigenvalue weighted by atomic mass is 35.5. The first kappa shape index (κ1) is 13.0. The molecule has 2 rings (SSSR count). The first-order valence-corrected chi connectivity index (χ1v) is 6.09. The van der Waals surface area contributed by atoms with Crippen LogP contribution in [-0.4, -0.2) is 9.55 Å². The van der Waals surface area contributed by atoms with Crippen molar-refractivity contribution in [2.24, 2.45) is 7.05 Å². The van der Waals surface area contributed by atoms with Crippen molar-refractivity contribution in [3.63, 3.8) is 0 Å². The van der Waals surface area contributed by atoms with Crippen LogP contribution in [0.4, 0.5) is 0 Å². The lowest BCUT2D eigenvalue weighted by molar-refractivity contribution is 0.722. The summed E-state index contributed by atoms with van der Waals surface area (Å²) in [5.74, 6) is 1.54. The van der Waals surface area contributed by atoms with Gasteiger partial charge in [-0.2, -0.15) is 0 Å². The van der Waals surface area contributed by atoms with Crippen molar-refractivity contribution in [2.45, 2.75) is 33.6 Å². The van der Waals surface area contributed by atoms with Crippen LogP contribution in [0.1, 0.15) is 39.4 Å². The maximum Gasteiger partial charge on any atom is 0.112 e. The number of imidazole rings is 1. The van der Waals surface area contributed by atoms with Gasteiger partial charge in [-0.1, -0.05) is 39.3 Å². The summed E-state index contributed by atoms with van der Waals surface area (Å²) in [5.41, 5.74) is 2.11. The van der Waals surface area contributed by atoms with Gasteiger partial charge in [0.25, 0.3) is 0 Å². The predicted octanol–water partition coefficient (Wildman–Crippen LogP) is 4.38. The SMILES string of the molecule is CC.CC(C)c1nc2cc(Cl)ccc2n1C. The number of hydrogen-bond donors (Lipinski definition) is 0. The number of nitrogens with zero attached hydrogens (tertiary/aromatic N) is 2. The van der Waals surface area contributed by atoms with E-state index in [0.29, 0.717) is 5.92 Å². The normalized spacial score (nSPS) is 10.4. The Morgan fingerprint density at radius 1 is 1.25 bits per heavy atom. The second-order valence-corrected chi connectivity index (χ2v) is 4.25. The molecule has 0 fully saturated rings. The lowest BCUT2D eigenvalue weighted by Gasteiger charge is -2.04. The molecule has 0 N–H and O–H groups in total. The van der Waals surface area contributed by atoms with Crippen LogP contribution >= 0.6 is 11.6 Å². The second-order valence-electron chi connectivity index (χ2n) is 3.82. The summed E-state index contributed by atoms with van der Waals surface area (Å²) in [7, 11) is 2.04. The Morgan fingerprint density at radius 2 is 1.88 bits per heavy atom. The van der Waals surface area contributed by atoms with E-state index >= 15 is 0 Å². The lowest BCUT2D eigenvalue weighted by Crippen LogP contribution is -1.99. The lowest BCUT2D eigenvalue weighted by atomic mass is 10.2. The smallest absolute Gasteiger partial charge is 0.112 e. The van der Waals surface area contributed by atoms with Crippen LogP contribution in [0, 0.1) is 0 Å². The van der Waals surface area contributed by atoms with Gasteiger partial charge in [0.05, 0.1) is 11.0 Å². The third-order valence-electron chi connectivity index (χ3n) is 2.39. The van der Waals surface area contributed by atoms with Crippen molar-refractivity contribution in [1.82, 2.24) is 9.55 Å². The van der Waals surface area contributed by atoms with E-state index in [1.165, 1.54) is 0 Å². The van der Waals surface area contributed by atoms with Crippen LogP contribution in [-0.2, 0) is 7.05 Å². The zero-order valence-electron chi connectivity index (χ0n) is 10.6. The van der Waals surface area contributed by atoms with Crippen LogP contribution < -0.4 is 0 Å². The van der Waals surface area contributed by atoms with Crippen LogP contribution in [0.15, 0.2) is 18.2 Å². The molecule has 0 aliphatic rings. The largest absolute Gasteiger partial charge is 0.331 e. The third kappa shape index (κ3) is 2.38. The minimum atomic E-state index is 0.436. The topological polar surface area (TPSA) is 17.8 Å². The number of hydrogen-bond acceptors (Lipinski definition) is 1. The average molecular weight is 239 g/mol. The third-order valence-corrected chi connectivity index (χ3v) is 2.63. The maximum absolute atomic E-state index is 5.91. The van der Waals surface area contributed by atoms with Crippen molar-refractivity contribution in [3.8, 4) is 0 Å². The molecule has 2 nitrogen and oxygen atoms in total. The van der Waals surface area contributed by atoms with Gasteiger partial charge in [-0.05, 0) is 18.2 Å². The maximum atomic E-state index is 5.91. The first-order valence-electron chi connectivity index (χ1n) is 5.71. The summed E-state index contributed by atoms with van der Waals surface area (Å²) in [4.78, 5) is 4.55. The fraction of sp³-hybridized carbons (Fsp3) is 0.462. The van der Waals surface area contributed by atoms with Crippen molar-refractivity contribution in [1.29, 1.82) is 0 Å². The molecule has 0 aliphatic carbocycles. The minimum absolute atomic E-state index is 0.436. The molecule has 1 aromatic carbocycles. The second kappa shape index (κ2) is 5.35. The highest BCUT2D eigenvalue weighted by Crippen LogP contribution is 2.22. The molecule has 3 heteroatoms. The summed E-state index contributed by atoms with van der Waals surface area (Å²) in [6.07, 6.45) is 0. The monoisotopic (exact) mass is 238 g/mol. The predicted molar refractivity (Wildman–Crippen MR) is 71.2 cm³/mol. The molecular formula is C13H19ClN2. The van der Waals surface area contributed by atoms with Crippen LogP contribution in [0.3, 0.4) is 0 Å². The highest BCUT2D eigenvalue weighted by Gasteiger charge is 2.10. The van der Waals surface area contributed by atoms with Crippen LogP contribution in [0.25, 0.3) is 11.0 Å². The van der Waals surface area contributed by atoms with E-state index in [-0.39, 0.29) is 0 Å². The Labute approximate surface area is 102 Å². The van der Waals surface area contributed by atoms with Crippen molar-refractivity contribution in [3.05, 3.63) is 29.0 Å². The molecular weight excluding hydrogens is 220 g/mol. The van der Waals surface area contributed by atoms with Crippen LogP contribution in [0.5, 0.6) is 0 Å². The zero-order valence-corrected chi connectivity index (χ0v) is 11.3. The van der Waals surface area contributed by atoms with Gasteiger partial charge in [0.15, 0.2) is 0 Å². The van der Waals surface area contributed by atoms with E-state index in [9.17, 15) is 0 Å². The number of benzene rings is 1. The molecule has 0 unspecified atom stereocenters. The number of fused-ring (bicyclic) bond motifs is 1. The molecule has 0 bridgehead atoms. The van der Waals surface area contributed by atoms with Gasteiger partial charge in [0.1, 0.15) is 5.82 Å². The van der Waals surface area contributed by atoms with Gasteiger partial charge in [0, 0.05) is 18.0 Å². The fourth-order valence-corrected chi connectivity index (χ4v) is 1.87. The molecule has 0 saturated heterocycles. The summed E-state index contributed by atoms with van der Waals surface area (Å²) >= 11 is 5.91. The molecule has 0 aliphatic heterocycles. The summed E-state index contributed by atoms with van der Waals surface area (Å²) in [6.45, 7) is 8.28. The molecule has 0 amide bonds. The standard InChI is InChI=1S/C11H13ClN2.C2H6/c1-7(2)11-13-9-6-8(12)4-5-10(9)14(11)3;1-2/h4-7H,1-3H3;1-2H3. The molecule has 2 aromatic rings. The van der Waals surface area contributed by atoms with E-state index < -0.39 is 0 Å². The van der Waals surface area contributed by atoms with Gasteiger partial charge in [-0.15, -0.1) is 0 Å². The quantitative estimate of drug-likeness (QED) is 0.721. The fourth-order valence-electron chi connectivity index (χ4n) is 1.71. The average Bonchev–Trinajstić information content (AvgIpc) is 2.58. The molecule has 1 aromatic heterocycles. The number of aromatic nitrogens is 2. The van der Waals surface area contributed by atoms with Crippen molar-refractivity contribution < 1.29 is 0 Å². The Morgan fingerprint density at radius 3 is 2.44 bits per heavy atom. The number of aryl methyl sites for hydroxylation is 1. The van der Waals surface area contributed by atoms with Gasteiger partial charge in [-0.25, -0.2) is 4.98 Å². The van der Waals surface area contributed by atoms with E-state index in [1.54, 1.807) is 0 Å². The molecule has 0 radical (unpaired) electrons. The Bertz CT molecular complexity index is 472. The van der Waals surface area contributed by atoms with Crippen LogP contribution in [0.2, 0.25) is 5.02 Å². The van der Waals surface area contributed by atoms with Gasteiger partial charge in [-0.3, -0.25) is 0 Å². The molecule has 0 atom stereocenters. The molecule has 0 saturated carbocycles. The zero-order chi connectivity index (χ0) is 12.3. The number of halogens is 1. The summed E-state index contributed by atoms with van der Waals surface area (Å²) in [6, 6.07) is 5.81. The summed E-state index contributed by atoms with van der Waals surface area (Å²) in [5, 5.41) is 0.742. The van der Waals surface area contributed by atoms with Crippen molar-refractivity contribution in [2.75, 3.05) is 0 Å². The Kier molecular flexibility index (Phi) is 4.36. The minimum Gasteiger partial charge on any atom is -0.331 e. The van der Waals surface area contributed by atoms with Crippen molar-refractivity contribution >= 4 is 22.6 Å². The molecule has 16 heavy (non-hydrogen) atoms. The summed E-state index contributed by atoms with van der Waals surface area (Å²) < 4.78 is 2.12. The van der Waals surface area contributed by atoms with Gasteiger partial charge in [0.2, 0.25) is 0 Å². The Hall–Kier alpha value is -1.02.